The standard InChI is InChI=1S/C14H13ClF3N5O2/c1-7(9-6-22(2)13(25)23(3)12(9)24)20-21-11-10(15)4-8(5-19-11)14(16,17)18/h4-6H,1-3H3,(H,19,21). The zero-order valence-corrected chi connectivity index (χ0v) is 14.1. The molecular formula is C14H13ClF3N5O2. The number of hydrazone groups is 1. The Morgan fingerprint density at radius 3 is 2.52 bits per heavy atom. The van der Waals surface area contributed by atoms with Crippen LogP contribution in [0.3, 0.4) is 0 Å². The Balaban J connectivity index is 2.34. The van der Waals surface area contributed by atoms with E-state index < -0.39 is 23.0 Å². The van der Waals surface area contributed by atoms with Crippen LogP contribution in [-0.2, 0) is 20.3 Å². The van der Waals surface area contributed by atoms with Gasteiger partial charge >= 0.3 is 11.9 Å². The topological polar surface area (TPSA) is 81.3 Å². The summed E-state index contributed by atoms with van der Waals surface area (Å²) >= 11 is 5.76. The van der Waals surface area contributed by atoms with Crippen LogP contribution in [0.15, 0.2) is 33.2 Å². The molecule has 0 aliphatic rings. The Bertz CT molecular complexity index is 962. The van der Waals surface area contributed by atoms with Gasteiger partial charge < -0.3 is 4.57 Å². The molecule has 0 fully saturated rings. The summed E-state index contributed by atoms with van der Waals surface area (Å²) in [5, 5.41) is 3.62. The number of pyridine rings is 1. The maximum atomic E-state index is 12.6. The lowest BCUT2D eigenvalue weighted by atomic mass is 10.2. The highest BCUT2D eigenvalue weighted by molar-refractivity contribution is 6.33. The lowest BCUT2D eigenvalue weighted by Gasteiger charge is -2.09. The summed E-state index contributed by atoms with van der Waals surface area (Å²) in [5.41, 5.74) is 0.708. The third kappa shape index (κ3) is 3.90. The first-order chi connectivity index (χ1) is 11.5. The molecule has 0 radical (unpaired) electrons. The minimum Gasteiger partial charge on any atom is -0.303 e. The van der Waals surface area contributed by atoms with Crippen LogP contribution in [-0.4, -0.2) is 19.8 Å². The first-order valence-electron chi connectivity index (χ1n) is 6.82. The molecule has 2 aromatic heterocycles. The molecular weight excluding hydrogens is 363 g/mol. The number of alkyl halides is 3. The van der Waals surface area contributed by atoms with Crippen molar-refractivity contribution in [3.8, 4) is 0 Å². The van der Waals surface area contributed by atoms with E-state index >= 15 is 0 Å². The monoisotopic (exact) mass is 375 g/mol. The van der Waals surface area contributed by atoms with Gasteiger partial charge in [0.2, 0.25) is 0 Å². The molecule has 0 amide bonds. The van der Waals surface area contributed by atoms with Crippen molar-refractivity contribution in [3.05, 3.63) is 55.4 Å². The van der Waals surface area contributed by atoms with Gasteiger partial charge in [0.15, 0.2) is 5.82 Å². The van der Waals surface area contributed by atoms with Crippen molar-refractivity contribution in [2.24, 2.45) is 19.2 Å². The van der Waals surface area contributed by atoms with Crippen LogP contribution in [0.25, 0.3) is 0 Å². The molecule has 7 nitrogen and oxygen atoms in total. The second-order valence-electron chi connectivity index (χ2n) is 5.16. The predicted octanol–water partition coefficient (Wildman–Crippen LogP) is 1.99. The summed E-state index contributed by atoms with van der Waals surface area (Å²) < 4.78 is 39.9. The van der Waals surface area contributed by atoms with Crippen molar-refractivity contribution in [1.82, 2.24) is 14.1 Å². The van der Waals surface area contributed by atoms with Gasteiger partial charge in [0.25, 0.3) is 5.56 Å². The fraction of sp³-hybridized carbons (Fsp3) is 0.286. The van der Waals surface area contributed by atoms with Crippen LogP contribution in [0.5, 0.6) is 0 Å². The molecule has 134 valence electrons. The molecule has 25 heavy (non-hydrogen) atoms. The van der Waals surface area contributed by atoms with E-state index in [4.69, 9.17) is 11.6 Å². The molecule has 0 saturated carbocycles. The van der Waals surface area contributed by atoms with Crippen molar-refractivity contribution < 1.29 is 13.2 Å². The zero-order valence-electron chi connectivity index (χ0n) is 13.3. The smallest absolute Gasteiger partial charge is 0.303 e. The largest absolute Gasteiger partial charge is 0.417 e. The number of nitrogens with one attached hydrogen (secondary N) is 1. The second-order valence-corrected chi connectivity index (χ2v) is 5.57. The summed E-state index contributed by atoms with van der Waals surface area (Å²) in [5.74, 6) is -0.101. The van der Waals surface area contributed by atoms with Crippen molar-refractivity contribution in [2.45, 2.75) is 13.1 Å². The second kappa shape index (κ2) is 6.71. The highest BCUT2D eigenvalue weighted by Gasteiger charge is 2.31. The molecule has 0 aromatic carbocycles. The number of halogens is 4. The Hall–Kier alpha value is -2.62. The number of aromatic nitrogens is 3. The fourth-order valence-electron chi connectivity index (χ4n) is 1.93. The lowest BCUT2D eigenvalue weighted by Crippen LogP contribution is -2.39. The first-order valence-corrected chi connectivity index (χ1v) is 7.20. The van der Waals surface area contributed by atoms with E-state index in [1.807, 2.05) is 0 Å². The SMILES string of the molecule is CC(=NNc1ncc(C(F)(F)F)cc1Cl)c1cn(C)c(=O)n(C)c1=O. The van der Waals surface area contributed by atoms with Crippen molar-refractivity contribution >= 4 is 23.1 Å². The molecule has 1 N–H and O–H groups in total. The predicted molar refractivity (Wildman–Crippen MR) is 87.0 cm³/mol. The van der Waals surface area contributed by atoms with Gasteiger partial charge in [0, 0.05) is 26.5 Å². The highest BCUT2D eigenvalue weighted by Crippen LogP contribution is 2.32. The number of hydrogen-bond donors (Lipinski definition) is 1. The van der Waals surface area contributed by atoms with Gasteiger partial charge in [-0.05, 0) is 13.0 Å². The van der Waals surface area contributed by atoms with Gasteiger partial charge in [-0.1, -0.05) is 11.6 Å². The minimum atomic E-state index is -4.56. The van der Waals surface area contributed by atoms with Crippen molar-refractivity contribution in [1.29, 1.82) is 0 Å². The zero-order chi connectivity index (χ0) is 18.9. The molecule has 0 atom stereocenters. The van der Waals surface area contributed by atoms with Crippen molar-refractivity contribution in [2.75, 3.05) is 5.43 Å². The van der Waals surface area contributed by atoms with Gasteiger partial charge in [-0.15, -0.1) is 0 Å². The summed E-state index contributed by atoms with van der Waals surface area (Å²) in [6.45, 7) is 1.49. The molecule has 0 saturated heterocycles. The number of nitrogens with zero attached hydrogens (tertiary/aromatic N) is 4. The van der Waals surface area contributed by atoms with Crippen LogP contribution in [0, 0.1) is 0 Å². The molecule has 0 aliphatic heterocycles. The quantitative estimate of drug-likeness (QED) is 0.657. The van der Waals surface area contributed by atoms with E-state index in [9.17, 15) is 22.8 Å². The van der Waals surface area contributed by atoms with Crippen LogP contribution in [0.2, 0.25) is 5.02 Å². The van der Waals surface area contributed by atoms with Crippen molar-refractivity contribution in [3.63, 3.8) is 0 Å². The Morgan fingerprint density at radius 2 is 1.96 bits per heavy atom. The lowest BCUT2D eigenvalue weighted by molar-refractivity contribution is -0.137. The molecule has 2 rings (SSSR count). The third-order valence-electron chi connectivity index (χ3n) is 3.33. The van der Waals surface area contributed by atoms with Gasteiger partial charge in [-0.3, -0.25) is 14.8 Å². The maximum Gasteiger partial charge on any atom is 0.417 e. The summed E-state index contributed by atoms with van der Waals surface area (Å²) in [6.07, 6.45) is -2.63. The van der Waals surface area contributed by atoms with Crippen LogP contribution >= 0.6 is 11.6 Å². The Kier molecular flexibility index (Phi) is 5.02. The number of anilines is 1. The van der Waals surface area contributed by atoms with E-state index in [2.05, 4.69) is 15.5 Å². The van der Waals surface area contributed by atoms with E-state index in [1.54, 1.807) is 0 Å². The number of rotatable bonds is 3. The molecule has 0 spiro atoms. The Morgan fingerprint density at radius 1 is 1.32 bits per heavy atom. The summed E-state index contributed by atoms with van der Waals surface area (Å²) in [7, 11) is 2.80. The van der Waals surface area contributed by atoms with Crippen LogP contribution in [0.1, 0.15) is 18.1 Å². The van der Waals surface area contributed by atoms with E-state index in [0.29, 0.717) is 12.3 Å². The van der Waals surface area contributed by atoms with Crippen LogP contribution in [0.4, 0.5) is 19.0 Å². The molecule has 11 heteroatoms. The minimum absolute atomic E-state index is 0.101. The summed E-state index contributed by atoms with van der Waals surface area (Å²) in [4.78, 5) is 27.3. The van der Waals surface area contributed by atoms with E-state index in [1.165, 1.54) is 31.8 Å². The van der Waals surface area contributed by atoms with E-state index in [0.717, 1.165) is 4.57 Å². The fourth-order valence-corrected chi connectivity index (χ4v) is 2.14. The van der Waals surface area contributed by atoms with Gasteiger partial charge in [0.1, 0.15) is 0 Å². The van der Waals surface area contributed by atoms with Gasteiger partial charge in [-0.25, -0.2) is 9.78 Å². The third-order valence-corrected chi connectivity index (χ3v) is 3.62. The molecule has 0 bridgehead atoms. The molecule has 0 aliphatic carbocycles. The Labute approximate surface area is 144 Å². The normalized spacial score (nSPS) is 12.4. The average molecular weight is 376 g/mol. The average Bonchev–Trinajstić information content (AvgIpc) is 2.53. The highest BCUT2D eigenvalue weighted by atomic mass is 35.5. The van der Waals surface area contributed by atoms with E-state index in [-0.39, 0.29) is 22.1 Å². The number of hydrogen-bond acceptors (Lipinski definition) is 5. The van der Waals surface area contributed by atoms with Gasteiger partial charge in [0.05, 0.1) is 21.9 Å². The maximum absolute atomic E-state index is 12.6. The molecule has 2 aromatic rings. The van der Waals surface area contributed by atoms with Gasteiger partial charge in [-0.2, -0.15) is 18.3 Å². The summed E-state index contributed by atoms with van der Waals surface area (Å²) in [6, 6.07) is 0.715. The number of aryl methyl sites for hydroxylation is 1. The molecule has 2 heterocycles. The first kappa shape index (κ1) is 18.7. The van der Waals surface area contributed by atoms with Crippen LogP contribution < -0.4 is 16.7 Å². The molecule has 0 unspecified atom stereocenters.